The molecular formula is C10H18N2. The Bertz CT molecular complexity index is 250. The standard InChI is InChI=1S/C10H18N2/c1-5-8(2)6-10-7-9(3)11-12(10)4/h7-8H,5-6H2,1-4H3. The molecule has 0 spiro atoms. The summed E-state index contributed by atoms with van der Waals surface area (Å²) in [7, 11) is 2.02. The summed E-state index contributed by atoms with van der Waals surface area (Å²) in [6.07, 6.45) is 2.39. The number of hydrogen-bond acceptors (Lipinski definition) is 1. The van der Waals surface area contributed by atoms with Crippen LogP contribution in [0.25, 0.3) is 0 Å². The topological polar surface area (TPSA) is 17.8 Å². The SMILES string of the molecule is CCC(C)Cc1cc(C)nn1C. The second-order valence-corrected chi connectivity index (χ2v) is 3.62. The predicted octanol–water partition coefficient (Wildman–Crippen LogP) is 2.32. The maximum atomic E-state index is 4.32. The smallest absolute Gasteiger partial charge is 0.0596 e. The monoisotopic (exact) mass is 166 g/mol. The molecule has 0 aliphatic rings. The number of nitrogens with zero attached hydrogens (tertiary/aromatic N) is 2. The summed E-state index contributed by atoms with van der Waals surface area (Å²) < 4.78 is 1.99. The minimum absolute atomic E-state index is 0.764. The highest BCUT2D eigenvalue weighted by molar-refractivity contribution is 5.08. The molecule has 0 N–H and O–H groups in total. The largest absolute Gasteiger partial charge is 0.272 e. The fourth-order valence-corrected chi connectivity index (χ4v) is 1.36. The Kier molecular flexibility index (Phi) is 2.90. The van der Waals surface area contributed by atoms with Crippen LogP contribution in [0.4, 0.5) is 0 Å². The highest BCUT2D eigenvalue weighted by atomic mass is 15.3. The number of aryl methyl sites for hydroxylation is 2. The van der Waals surface area contributed by atoms with E-state index in [1.165, 1.54) is 12.1 Å². The van der Waals surface area contributed by atoms with Gasteiger partial charge >= 0.3 is 0 Å². The molecule has 2 heteroatoms. The third-order valence-corrected chi connectivity index (χ3v) is 2.35. The van der Waals surface area contributed by atoms with Crippen molar-refractivity contribution < 1.29 is 0 Å². The molecule has 0 aliphatic heterocycles. The van der Waals surface area contributed by atoms with Gasteiger partial charge in [-0.1, -0.05) is 20.3 Å². The Labute approximate surface area is 74.6 Å². The lowest BCUT2D eigenvalue weighted by molar-refractivity contribution is 0.532. The van der Waals surface area contributed by atoms with Crippen molar-refractivity contribution in [3.05, 3.63) is 17.5 Å². The molecule has 1 aromatic heterocycles. The molecule has 0 aromatic carbocycles. The summed E-state index contributed by atoms with van der Waals surface area (Å²) in [5.41, 5.74) is 2.47. The van der Waals surface area contributed by atoms with Gasteiger partial charge in [0.15, 0.2) is 0 Å². The van der Waals surface area contributed by atoms with E-state index in [9.17, 15) is 0 Å². The van der Waals surface area contributed by atoms with Crippen LogP contribution in [0, 0.1) is 12.8 Å². The molecule has 1 unspecified atom stereocenters. The quantitative estimate of drug-likeness (QED) is 0.673. The molecule has 0 saturated heterocycles. The van der Waals surface area contributed by atoms with E-state index in [1.807, 2.05) is 18.7 Å². The first-order valence-electron chi connectivity index (χ1n) is 4.63. The summed E-state index contributed by atoms with van der Waals surface area (Å²) in [5.74, 6) is 0.764. The van der Waals surface area contributed by atoms with Crippen LogP contribution in [-0.4, -0.2) is 9.78 Å². The minimum atomic E-state index is 0.764. The van der Waals surface area contributed by atoms with Crippen LogP contribution in [0.2, 0.25) is 0 Å². The maximum absolute atomic E-state index is 4.32. The Balaban J connectivity index is 2.68. The average Bonchev–Trinajstić information content (AvgIpc) is 2.30. The molecule has 1 aromatic rings. The van der Waals surface area contributed by atoms with Crippen molar-refractivity contribution in [2.24, 2.45) is 13.0 Å². The molecule has 1 rings (SSSR count). The molecule has 0 aliphatic carbocycles. The van der Waals surface area contributed by atoms with E-state index in [0.29, 0.717) is 0 Å². The first-order chi connectivity index (χ1) is 5.63. The van der Waals surface area contributed by atoms with Gasteiger partial charge in [-0.05, 0) is 25.3 Å². The summed E-state index contributed by atoms with van der Waals surface area (Å²) in [6, 6.07) is 2.17. The van der Waals surface area contributed by atoms with Gasteiger partial charge in [-0.15, -0.1) is 0 Å². The van der Waals surface area contributed by atoms with E-state index in [4.69, 9.17) is 0 Å². The molecule has 0 radical (unpaired) electrons. The molecule has 1 heterocycles. The van der Waals surface area contributed by atoms with Crippen LogP contribution >= 0.6 is 0 Å². The van der Waals surface area contributed by atoms with Gasteiger partial charge in [-0.2, -0.15) is 5.10 Å². The number of rotatable bonds is 3. The summed E-state index contributed by atoms with van der Waals surface area (Å²) >= 11 is 0. The van der Waals surface area contributed by atoms with Crippen molar-refractivity contribution in [3.63, 3.8) is 0 Å². The summed E-state index contributed by atoms with van der Waals surface area (Å²) in [6.45, 7) is 6.55. The van der Waals surface area contributed by atoms with E-state index in [0.717, 1.165) is 18.0 Å². The van der Waals surface area contributed by atoms with Crippen LogP contribution in [0.1, 0.15) is 31.7 Å². The molecule has 0 saturated carbocycles. The highest BCUT2D eigenvalue weighted by Gasteiger charge is 2.05. The zero-order chi connectivity index (χ0) is 9.14. The molecular weight excluding hydrogens is 148 g/mol. The molecule has 0 fully saturated rings. The van der Waals surface area contributed by atoms with Gasteiger partial charge in [-0.25, -0.2) is 0 Å². The first-order valence-corrected chi connectivity index (χ1v) is 4.63. The van der Waals surface area contributed by atoms with Crippen molar-refractivity contribution in [3.8, 4) is 0 Å². The third-order valence-electron chi connectivity index (χ3n) is 2.35. The fraction of sp³-hybridized carbons (Fsp3) is 0.700. The van der Waals surface area contributed by atoms with E-state index < -0.39 is 0 Å². The van der Waals surface area contributed by atoms with Gasteiger partial charge in [0.25, 0.3) is 0 Å². The molecule has 2 nitrogen and oxygen atoms in total. The second kappa shape index (κ2) is 3.74. The Morgan fingerprint density at radius 1 is 1.58 bits per heavy atom. The predicted molar refractivity (Wildman–Crippen MR) is 51.1 cm³/mol. The van der Waals surface area contributed by atoms with E-state index in [-0.39, 0.29) is 0 Å². The minimum Gasteiger partial charge on any atom is -0.272 e. The van der Waals surface area contributed by atoms with Crippen LogP contribution in [0.3, 0.4) is 0 Å². The Morgan fingerprint density at radius 3 is 2.67 bits per heavy atom. The Hall–Kier alpha value is -0.790. The van der Waals surface area contributed by atoms with Crippen LogP contribution in [0.5, 0.6) is 0 Å². The molecule has 0 bridgehead atoms. The fourth-order valence-electron chi connectivity index (χ4n) is 1.36. The molecule has 0 amide bonds. The molecule has 68 valence electrons. The zero-order valence-corrected chi connectivity index (χ0v) is 8.46. The van der Waals surface area contributed by atoms with Crippen molar-refractivity contribution >= 4 is 0 Å². The van der Waals surface area contributed by atoms with Crippen LogP contribution < -0.4 is 0 Å². The van der Waals surface area contributed by atoms with Crippen molar-refractivity contribution in [1.82, 2.24) is 9.78 Å². The van der Waals surface area contributed by atoms with E-state index in [1.54, 1.807) is 0 Å². The molecule has 12 heavy (non-hydrogen) atoms. The van der Waals surface area contributed by atoms with E-state index in [2.05, 4.69) is 25.0 Å². The zero-order valence-electron chi connectivity index (χ0n) is 8.46. The van der Waals surface area contributed by atoms with Crippen molar-refractivity contribution in [2.45, 2.75) is 33.6 Å². The van der Waals surface area contributed by atoms with Gasteiger partial charge < -0.3 is 0 Å². The maximum Gasteiger partial charge on any atom is 0.0596 e. The third kappa shape index (κ3) is 2.10. The normalized spacial score (nSPS) is 13.3. The highest BCUT2D eigenvalue weighted by Crippen LogP contribution is 2.11. The van der Waals surface area contributed by atoms with E-state index >= 15 is 0 Å². The lowest BCUT2D eigenvalue weighted by Gasteiger charge is -2.07. The number of hydrogen-bond donors (Lipinski definition) is 0. The second-order valence-electron chi connectivity index (χ2n) is 3.62. The van der Waals surface area contributed by atoms with Gasteiger partial charge in [0.2, 0.25) is 0 Å². The lowest BCUT2D eigenvalue weighted by Crippen LogP contribution is -2.04. The van der Waals surface area contributed by atoms with Gasteiger partial charge in [0, 0.05) is 12.7 Å². The average molecular weight is 166 g/mol. The van der Waals surface area contributed by atoms with Gasteiger partial charge in [0.1, 0.15) is 0 Å². The first kappa shape index (κ1) is 9.30. The van der Waals surface area contributed by atoms with Crippen LogP contribution in [-0.2, 0) is 13.5 Å². The van der Waals surface area contributed by atoms with Crippen molar-refractivity contribution in [2.75, 3.05) is 0 Å². The van der Waals surface area contributed by atoms with Gasteiger partial charge in [0.05, 0.1) is 5.69 Å². The Morgan fingerprint density at radius 2 is 2.25 bits per heavy atom. The summed E-state index contributed by atoms with van der Waals surface area (Å²) in [4.78, 5) is 0. The van der Waals surface area contributed by atoms with Crippen LogP contribution in [0.15, 0.2) is 6.07 Å². The summed E-state index contributed by atoms with van der Waals surface area (Å²) in [5, 5.41) is 4.32. The molecule has 1 atom stereocenters. The van der Waals surface area contributed by atoms with Crippen molar-refractivity contribution in [1.29, 1.82) is 0 Å². The van der Waals surface area contributed by atoms with Gasteiger partial charge in [-0.3, -0.25) is 4.68 Å². The number of aromatic nitrogens is 2. The lowest BCUT2D eigenvalue weighted by atomic mass is 10.0.